The number of aromatic amines is 1. The quantitative estimate of drug-likeness (QED) is 0.771. The maximum absolute atomic E-state index is 6.43. The molecule has 0 amide bonds. The molecule has 4 rings (SSSR count). The van der Waals surface area contributed by atoms with Crippen LogP contribution in [0.2, 0.25) is 0 Å². The predicted octanol–water partition coefficient (Wildman–Crippen LogP) is 3.01. The number of hydrogen-bond donors (Lipinski definition) is 2. The first-order valence-corrected chi connectivity index (χ1v) is 6.66. The zero-order chi connectivity index (χ0) is 11.4. The molecule has 0 spiro atoms. The van der Waals surface area contributed by atoms with E-state index in [1.807, 2.05) is 0 Å². The van der Waals surface area contributed by atoms with Gasteiger partial charge in [0.05, 0.1) is 0 Å². The lowest BCUT2D eigenvalue weighted by molar-refractivity contribution is 0.367. The third kappa shape index (κ3) is 1.25. The average Bonchev–Trinajstić information content (AvgIpc) is 3.02. The average molecular weight is 226 g/mol. The van der Waals surface area contributed by atoms with Crippen molar-refractivity contribution in [1.82, 2.24) is 4.98 Å². The minimum Gasteiger partial charge on any atom is -0.361 e. The zero-order valence-electron chi connectivity index (χ0n) is 9.89. The van der Waals surface area contributed by atoms with Crippen molar-refractivity contribution in [2.75, 3.05) is 0 Å². The Kier molecular flexibility index (Phi) is 1.92. The lowest BCUT2D eigenvalue weighted by Gasteiger charge is -2.27. The Labute approximate surface area is 101 Å². The number of H-pyrrole nitrogens is 1. The van der Waals surface area contributed by atoms with E-state index in [-0.39, 0.29) is 0 Å². The van der Waals surface area contributed by atoms with E-state index in [0.717, 1.165) is 11.8 Å². The number of hydrogen-bond acceptors (Lipinski definition) is 1. The molecule has 2 aliphatic carbocycles. The molecule has 3 N–H and O–H groups in total. The van der Waals surface area contributed by atoms with Gasteiger partial charge >= 0.3 is 0 Å². The van der Waals surface area contributed by atoms with E-state index in [0.29, 0.717) is 12.0 Å². The molecule has 2 nitrogen and oxygen atoms in total. The van der Waals surface area contributed by atoms with Gasteiger partial charge in [-0.05, 0) is 42.7 Å². The van der Waals surface area contributed by atoms with Gasteiger partial charge in [0.2, 0.25) is 0 Å². The van der Waals surface area contributed by atoms with Crippen LogP contribution in [-0.4, -0.2) is 11.0 Å². The van der Waals surface area contributed by atoms with Gasteiger partial charge in [0.1, 0.15) is 0 Å². The van der Waals surface area contributed by atoms with Crippen LogP contribution in [0, 0.1) is 11.8 Å². The van der Waals surface area contributed by atoms with Gasteiger partial charge in [0, 0.05) is 29.1 Å². The Bertz CT molecular complexity index is 555. The normalized spacial score (nSPS) is 35.8. The third-order valence-electron chi connectivity index (χ3n) is 4.96. The summed E-state index contributed by atoms with van der Waals surface area (Å²) in [7, 11) is 0. The van der Waals surface area contributed by atoms with Crippen molar-refractivity contribution in [3.8, 4) is 0 Å². The highest BCUT2D eigenvalue weighted by Gasteiger charge is 2.46. The van der Waals surface area contributed by atoms with E-state index in [1.54, 1.807) is 0 Å². The number of benzene rings is 1. The van der Waals surface area contributed by atoms with Gasteiger partial charge in [-0.1, -0.05) is 18.2 Å². The molecule has 1 aromatic heterocycles. The third-order valence-corrected chi connectivity index (χ3v) is 4.96. The fourth-order valence-electron chi connectivity index (χ4n) is 4.17. The summed E-state index contributed by atoms with van der Waals surface area (Å²) in [4.78, 5) is 3.39. The molecule has 0 saturated heterocycles. The second kappa shape index (κ2) is 3.36. The SMILES string of the molecule is N[C@H]1[C@@H]2CC[C@@H](C2)[C@@H]1c1c[nH]c2ccccc12. The minimum absolute atomic E-state index is 0.382. The molecule has 2 saturated carbocycles. The topological polar surface area (TPSA) is 41.8 Å². The molecule has 2 fully saturated rings. The molecule has 4 atom stereocenters. The van der Waals surface area contributed by atoms with E-state index in [4.69, 9.17) is 5.73 Å². The van der Waals surface area contributed by atoms with Crippen LogP contribution in [-0.2, 0) is 0 Å². The number of nitrogens with two attached hydrogens (primary N) is 1. The van der Waals surface area contributed by atoms with Gasteiger partial charge in [-0.15, -0.1) is 0 Å². The highest BCUT2D eigenvalue weighted by molar-refractivity contribution is 5.83. The Morgan fingerprint density at radius 1 is 1.12 bits per heavy atom. The molecular weight excluding hydrogens is 208 g/mol. The van der Waals surface area contributed by atoms with Crippen molar-refractivity contribution >= 4 is 10.9 Å². The molecular formula is C15H18N2. The first-order valence-electron chi connectivity index (χ1n) is 6.66. The predicted molar refractivity (Wildman–Crippen MR) is 69.8 cm³/mol. The Balaban J connectivity index is 1.84. The summed E-state index contributed by atoms with van der Waals surface area (Å²) in [6, 6.07) is 8.96. The molecule has 0 aliphatic heterocycles. The van der Waals surface area contributed by atoms with Crippen LogP contribution in [0.3, 0.4) is 0 Å². The zero-order valence-corrected chi connectivity index (χ0v) is 9.89. The van der Waals surface area contributed by atoms with E-state index in [2.05, 4.69) is 35.4 Å². The summed E-state index contributed by atoms with van der Waals surface area (Å²) in [6.45, 7) is 0. The Morgan fingerprint density at radius 2 is 1.94 bits per heavy atom. The maximum Gasteiger partial charge on any atom is 0.0456 e. The van der Waals surface area contributed by atoms with Crippen LogP contribution in [0.15, 0.2) is 30.5 Å². The van der Waals surface area contributed by atoms with Gasteiger partial charge in [0.25, 0.3) is 0 Å². The molecule has 2 aliphatic rings. The second-order valence-electron chi connectivity index (χ2n) is 5.73. The molecule has 2 heteroatoms. The Hall–Kier alpha value is -1.28. The lowest BCUT2D eigenvalue weighted by Crippen LogP contribution is -2.33. The van der Waals surface area contributed by atoms with Crippen molar-refractivity contribution in [2.45, 2.75) is 31.2 Å². The van der Waals surface area contributed by atoms with E-state index in [1.165, 1.54) is 35.7 Å². The summed E-state index contributed by atoms with van der Waals surface area (Å²) in [5.74, 6) is 2.19. The van der Waals surface area contributed by atoms with Crippen molar-refractivity contribution in [1.29, 1.82) is 0 Å². The fourth-order valence-corrected chi connectivity index (χ4v) is 4.17. The smallest absolute Gasteiger partial charge is 0.0456 e. The molecule has 1 aromatic carbocycles. The highest BCUT2D eigenvalue weighted by Crippen LogP contribution is 2.53. The van der Waals surface area contributed by atoms with Crippen LogP contribution >= 0.6 is 0 Å². The number of aromatic nitrogens is 1. The molecule has 17 heavy (non-hydrogen) atoms. The maximum atomic E-state index is 6.43. The highest BCUT2D eigenvalue weighted by atomic mass is 14.8. The first kappa shape index (κ1) is 9.72. The minimum atomic E-state index is 0.382. The van der Waals surface area contributed by atoms with Crippen LogP contribution in [0.5, 0.6) is 0 Å². The van der Waals surface area contributed by atoms with Gasteiger partial charge in [-0.2, -0.15) is 0 Å². The van der Waals surface area contributed by atoms with Crippen LogP contribution in [0.1, 0.15) is 30.7 Å². The fraction of sp³-hybridized carbons (Fsp3) is 0.467. The van der Waals surface area contributed by atoms with Crippen LogP contribution in [0.25, 0.3) is 10.9 Å². The van der Waals surface area contributed by atoms with Crippen molar-refractivity contribution in [3.05, 3.63) is 36.0 Å². The second-order valence-corrected chi connectivity index (χ2v) is 5.73. The standard InChI is InChI=1S/C15H18N2/c16-15-10-6-5-9(7-10)14(15)12-8-17-13-4-2-1-3-11(12)13/h1-4,8-10,14-15,17H,5-7,16H2/t9-,10+,14+,15-/m0/s1. The van der Waals surface area contributed by atoms with Crippen LogP contribution < -0.4 is 5.73 Å². The monoisotopic (exact) mass is 226 g/mol. The number of nitrogens with one attached hydrogen (secondary N) is 1. The molecule has 88 valence electrons. The van der Waals surface area contributed by atoms with E-state index in [9.17, 15) is 0 Å². The molecule has 2 aromatic rings. The molecule has 0 unspecified atom stereocenters. The van der Waals surface area contributed by atoms with Gasteiger partial charge in [0.15, 0.2) is 0 Å². The van der Waals surface area contributed by atoms with E-state index < -0.39 is 0 Å². The Morgan fingerprint density at radius 3 is 2.76 bits per heavy atom. The summed E-state index contributed by atoms with van der Waals surface area (Å²) >= 11 is 0. The number of para-hydroxylation sites is 1. The van der Waals surface area contributed by atoms with Gasteiger partial charge in [-0.25, -0.2) is 0 Å². The van der Waals surface area contributed by atoms with Crippen molar-refractivity contribution in [2.24, 2.45) is 17.6 Å². The molecule has 0 radical (unpaired) electrons. The van der Waals surface area contributed by atoms with Gasteiger partial charge < -0.3 is 10.7 Å². The summed E-state index contributed by atoms with van der Waals surface area (Å²) < 4.78 is 0. The summed E-state index contributed by atoms with van der Waals surface area (Å²) in [5.41, 5.74) is 9.14. The summed E-state index contributed by atoms with van der Waals surface area (Å²) in [5, 5.41) is 1.38. The molecule has 1 heterocycles. The molecule has 2 bridgehead atoms. The van der Waals surface area contributed by atoms with Crippen molar-refractivity contribution in [3.63, 3.8) is 0 Å². The van der Waals surface area contributed by atoms with Crippen LogP contribution in [0.4, 0.5) is 0 Å². The first-order chi connectivity index (χ1) is 8.34. The number of rotatable bonds is 1. The largest absolute Gasteiger partial charge is 0.361 e. The van der Waals surface area contributed by atoms with Crippen molar-refractivity contribution < 1.29 is 0 Å². The van der Waals surface area contributed by atoms with Gasteiger partial charge in [-0.3, -0.25) is 0 Å². The lowest BCUT2D eigenvalue weighted by atomic mass is 9.80. The number of fused-ring (bicyclic) bond motifs is 3. The van der Waals surface area contributed by atoms with E-state index >= 15 is 0 Å². The summed E-state index contributed by atoms with van der Waals surface area (Å²) in [6.07, 6.45) is 6.27.